The number of fused-ring (bicyclic) bond motifs is 1. The van der Waals surface area contributed by atoms with Gasteiger partial charge in [-0.1, -0.05) is 45.7 Å². The summed E-state index contributed by atoms with van der Waals surface area (Å²) in [5.74, 6) is 0. The number of aromatic amines is 1. The summed E-state index contributed by atoms with van der Waals surface area (Å²) < 4.78 is 1.16. The Bertz CT molecular complexity index is 785. The lowest BCUT2D eigenvalue weighted by atomic mass is 10.1. The van der Waals surface area contributed by atoms with Crippen molar-refractivity contribution >= 4 is 44.1 Å². The van der Waals surface area contributed by atoms with Crippen LogP contribution in [0.1, 0.15) is 16.8 Å². The maximum absolute atomic E-state index is 6.43. The van der Waals surface area contributed by atoms with Crippen LogP contribution in [-0.2, 0) is 6.54 Å². The molecule has 3 aromatic rings. The lowest BCUT2D eigenvalue weighted by Gasteiger charge is -2.10. The van der Waals surface area contributed by atoms with Crippen molar-refractivity contribution in [2.24, 2.45) is 0 Å². The summed E-state index contributed by atoms with van der Waals surface area (Å²) in [5, 5.41) is 5.30. The molecule has 0 unspecified atom stereocenters. The van der Waals surface area contributed by atoms with Crippen LogP contribution in [-0.4, -0.2) is 4.98 Å². The number of nitrogens with one attached hydrogen (secondary N) is 2. The molecule has 0 aliphatic rings. The number of anilines is 1. The van der Waals surface area contributed by atoms with Crippen molar-refractivity contribution in [1.82, 2.24) is 4.98 Å². The highest BCUT2D eigenvalue weighted by molar-refractivity contribution is 9.10. The zero-order valence-electron chi connectivity index (χ0n) is 11.9. The van der Waals surface area contributed by atoms with E-state index in [9.17, 15) is 0 Å². The molecule has 108 valence electrons. The van der Waals surface area contributed by atoms with Crippen LogP contribution in [0.5, 0.6) is 0 Å². The van der Waals surface area contributed by atoms with Crippen LogP contribution in [0.15, 0.2) is 40.9 Å². The molecule has 0 fully saturated rings. The Hall–Kier alpha value is -1.45. The standard InChI is InChI=1S/C17H16BrClN2/c1-10-7-12(8-11(2)16(10)18)20-9-15-17(19)13-5-3-4-6-14(13)21-15/h3-8,20-21H,9H2,1-2H3. The first-order valence-electron chi connectivity index (χ1n) is 6.82. The van der Waals surface area contributed by atoms with E-state index in [2.05, 4.69) is 52.2 Å². The maximum atomic E-state index is 6.43. The summed E-state index contributed by atoms with van der Waals surface area (Å²) in [4.78, 5) is 3.37. The fraction of sp³-hybridized carbons (Fsp3) is 0.176. The van der Waals surface area contributed by atoms with Crippen LogP contribution in [0.4, 0.5) is 5.69 Å². The topological polar surface area (TPSA) is 27.8 Å². The van der Waals surface area contributed by atoms with Gasteiger partial charge >= 0.3 is 0 Å². The Balaban J connectivity index is 1.85. The molecule has 3 rings (SSSR count). The maximum Gasteiger partial charge on any atom is 0.0710 e. The van der Waals surface area contributed by atoms with Gasteiger partial charge in [-0.15, -0.1) is 0 Å². The van der Waals surface area contributed by atoms with Crippen LogP contribution in [0, 0.1) is 13.8 Å². The van der Waals surface area contributed by atoms with Gasteiger partial charge in [-0.05, 0) is 43.2 Å². The predicted molar refractivity (Wildman–Crippen MR) is 94.3 cm³/mol. The van der Waals surface area contributed by atoms with Crippen molar-refractivity contribution in [1.29, 1.82) is 0 Å². The Morgan fingerprint density at radius 2 is 1.81 bits per heavy atom. The zero-order chi connectivity index (χ0) is 15.0. The summed E-state index contributed by atoms with van der Waals surface area (Å²) in [7, 11) is 0. The van der Waals surface area contributed by atoms with E-state index in [4.69, 9.17) is 11.6 Å². The van der Waals surface area contributed by atoms with Crippen LogP contribution >= 0.6 is 27.5 Å². The lowest BCUT2D eigenvalue weighted by molar-refractivity contribution is 1.08. The highest BCUT2D eigenvalue weighted by atomic mass is 79.9. The molecule has 0 saturated carbocycles. The second-order valence-electron chi connectivity index (χ2n) is 5.24. The number of benzene rings is 2. The van der Waals surface area contributed by atoms with Gasteiger partial charge in [0.2, 0.25) is 0 Å². The summed E-state index contributed by atoms with van der Waals surface area (Å²) in [5.41, 5.74) is 5.63. The van der Waals surface area contributed by atoms with Crippen molar-refractivity contribution in [3.63, 3.8) is 0 Å². The lowest BCUT2D eigenvalue weighted by Crippen LogP contribution is -2.01. The Morgan fingerprint density at radius 3 is 2.48 bits per heavy atom. The average Bonchev–Trinajstić information content (AvgIpc) is 2.79. The molecule has 1 aromatic heterocycles. The smallest absolute Gasteiger partial charge is 0.0710 e. The third-order valence-corrected chi connectivity index (χ3v) is 5.30. The van der Waals surface area contributed by atoms with E-state index in [1.54, 1.807) is 0 Å². The molecule has 0 atom stereocenters. The molecule has 21 heavy (non-hydrogen) atoms. The highest BCUT2D eigenvalue weighted by Gasteiger charge is 2.09. The van der Waals surface area contributed by atoms with Crippen LogP contribution in [0.25, 0.3) is 10.9 Å². The molecule has 0 aliphatic carbocycles. The Kier molecular flexibility index (Phi) is 3.96. The minimum atomic E-state index is 0.675. The molecule has 0 spiro atoms. The van der Waals surface area contributed by atoms with E-state index in [1.165, 1.54) is 11.1 Å². The predicted octanol–water partition coefficient (Wildman–Crippen LogP) is 5.81. The molecule has 1 heterocycles. The molecule has 0 aliphatic heterocycles. The van der Waals surface area contributed by atoms with Crippen molar-refractivity contribution in [2.45, 2.75) is 20.4 Å². The second kappa shape index (κ2) is 5.74. The number of rotatable bonds is 3. The number of halogens is 2. The van der Waals surface area contributed by atoms with Crippen LogP contribution < -0.4 is 5.32 Å². The van der Waals surface area contributed by atoms with Gasteiger partial charge in [0.1, 0.15) is 0 Å². The van der Waals surface area contributed by atoms with Crippen LogP contribution in [0.2, 0.25) is 5.02 Å². The number of aryl methyl sites for hydroxylation is 2. The fourth-order valence-electron chi connectivity index (χ4n) is 2.52. The van der Waals surface area contributed by atoms with Gasteiger partial charge < -0.3 is 10.3 Å². The van der Waals surface area contributed by atoms with E-state index in [0.717, 1.165) is 31.8 Å². The molecule has 0 amide bonds. The third kappa shape index (κ3) is 2.81. The molecule has 0 radical (unpaired) electrons. The van der Waals surface area contributed by atoms with Gasteiger partial charge in [-0.3, -0.25) is 0 Å². The monoisotopic (exact) mass is 362 g/mol. The number of aromatic nitrogens is 1. The fourth-order valence-corrected chi connectivity index (χ4v) is 3.03. The first-order chi connectivity index (χ1) is 10.1. The molecule has 0 saturated heterocycles. The number of hydrogen-bond acceptors (Lipinski definition) is 1. The van der Waals surface area contributed by atoms with E-state index >= 15 is 0 Å². The normalized spacial score (nSPS) is 11.0. The molecule has 0 bridgehead atoms. The molecular formula is C17H16BrClN2. The summed E-state index contributed by atoms with van der Waals surface area (Å²) in [6.07, 6.45) is 0. The van der Waals surface area contributed by atoms with Gasteiger partial charge in [-0.2, -0.15) is 0 Å². The number of H-pyrrole nitrogens is 1. The minimum Gasteiger partial charge on any atom is -0.379 e. The molecule has 2 aromatic carbocycles. The second-order valence-corrected chi connectivity index (χ2v) is 6.41. The van der Waals surface area contributed by atoms with Crippen molar-refractivity contribution in [2.75, 3.05) is 5.32 Å². The van der Waals surface area contributed by atoms with Crippen molar-refractivity contribution < 1.29 is 0 Å². The first-order valence-corrected chi connectivity index (χ1v) is 7.99. The van der Waals surface area contributed by atoms with Crippen LogP contribution in [0.3, 0.4) is 0 Å². The quantitative estimate of drug-likeness (QED) is 0.603. The minimum absolute atomic E-state index is 0.675. The first kappa shape index (κ1) is 14.5. The van der Waals surface area contributed by atoms with Gasteiger partial charge in [-0.25, -0.2) is 0 Å². The zero-order valence-corrected chi connectivity index (χ0v) is 14.3. The number of hydrogen-bond donors (Lipinski definition) is 2. The van der Waals surface area contributed by atoms with E-state index in [-0.39, 0.29) is 0 Å². The van der Waals surface area contributed by atoms with E-state index < -0.39 is 0 Å². The summed E-state index contributed by atoms with van der Waals surface area (Å²) >= 11 is 10.0. The van der Waals surface area contributed by atoms with Gasteiger partial charge in [0, 0.05) is 21.1 Å². The van der Waals surface area contributed by atoms with Gasteiger partial charge in [0.15, 0.2) is 0 Å². The van der Waals surface area contributed by atoms with Gasteiger partial charge in [0.05, 0.1) is 17.3 Å². The SMILES string of the molecule is Cc1cc(NCc2[nH]c3ccccc3c2Cl)cc(C)c1Br. The third-order valence-electron chi connectivity index (χ3n) is 3.62. The average molecular weight is 364 g/mol. The molecule has 2 N–H and O–H groups in total. The van der Waals surface area contributed by atoms with Gasteiger partial charge in [0.25, 0.3) is 0 Å². The Labute approximate surface area is 137 Å². The number of para-hydroxylation sites is 1. The highest BCUT2D eigenvalue weighted by Crippen LogP contribution is 2.29. The van der Waals surface area contributed by atoms with Crippen molar-refractivity contribution in [3.05, 3.63) is 62.7 Å². The molecular weight excluding hydrogens is 348 g/mol. The Morgan fingerprint density at radius 1 is 1.14 bits per heavy atom. The van der Waals surface area contributed by atoms with Crippen molar-refractivity contribution in [3.8, 4) is 0 Å². The molecule has 4 heteroatoms. The largest absolute Gasteiger partial charge is 0.379 e. The van der Waals surface area contributed by atoms with E-state index in [0.29, 0.717) is 6.54 Å². The van der Waals surface area contributed by atoms with E-state index in [1.807, 2.05) is 24.3 Å². The summed E-state index contributed by atoms with van der Waals surface area (Å²) in [6.45, 7) is 4.87. The molecule has 2 nitrogen and oxygen atoms in total. The summed E-state index contributed by atoms with van der Waals surface area (Å²) in [6, 6.07) is 12.3.